The van der Waals surface area contributed by atoms with Crippen molar-refractivity contribution >= 4 is 36.6 Å². The predicted molar refractivity (Wildman–Crippen MR) is 179 cm³/mol. The Bertz CT molecular complexity index is 1710. The Morgan fingerprint density at radius 3 is 1.72 bits per heavy atom. The van der Waals surface area contributed by atoms with Crippen LogP contribution in [0.25, 0.3) is 22.5 Å². The third kappa shape index (κ3) is 7.59. The van der Waals surface area contributed by atoms with Crippen LogP contribution in [0.15, 0.2) is 61.2 Å². The van der Waals surface area contributed by atoms with Crippen LogP contribution in [0.2, 0.25) is 0 Å². The lowest BCUT2D eigenvalue weighted by atomic mass is 9.81. The number of nitrogens with one attached hydrogen (secondary N) is 1. The van der Waals surface area contributed by atoms with Crippen LogP contribution < -0.4 is 11.0 Å². The van der Waals surface area contributed by atoms with Crippen molar-refractivity contribution in [2.75, 3.05) is 5.73 Å². The fourth-order valence-corrected chi connectivity index (χ4v) is 6.24. The number of anilines is 1. The molecule has 4 aromatic rings. The van der Waals surface area contributed by atoms with Gasteiger partial charge < -0.3 is 24.9 Å². The number of nitrogen functional groups attached to an aromatic ring is 1. The molecule has 2 aromatic heterocycles. The molecule has 11 heteroatoms. The summed E-state index contributed by atoms with van der Waals surface area (Å²) in [5.74, 6) is 1.58. The van der Waals surface area contributed by atoms with Crippen molar-refractivity contribution in [3.8, 4) is 22.5 Å². The number of hydrogen-bond acceptors (Lipinski definition) is 8. The Hall–Kier alpha value is -4.64. The summed E-state index contributed by atoms with van der Waals surface area (Å²) >= 11 is 0. The maximum absolute atomic E-state index is 13.2. The number of nitrogens with two attached hydrogens (primary N) is 1. The Morgan fingerprint density at radius 1 is 0.848 bits per heavy atom. The first kappa shape index (κ1) is 32.7. The smallest absolute Gasteiger partial charge is 0.290 e. The second-order valence-electron chi connectivity index (χ2n) is 12.4. The maximum Gasteiger partial charge on any atom is 0.290 e. The summed E-state index contributed by atoms with van der Waals surface area (Å²) in [7, 11) is 5.10. The van der Waals surface area contributed by atoms with Crippen LogP contribution in [0.1, 0.15) is 66.1 Å². The molecule has 0 aliphatic heterocycles. The van der Waals surface area contributed by atoms with Gasteiger partial charge in [-0.25, -0.2) is 9.97 Å². The van der Waals surface area contributed by atoms with Gasteiger partial charge in [0.25, 0.3) is 7.41 Å². The third-order valence-electron chi connectivity index (χ3n) is 8.74. The molecule has 2 saturated carbocycles. The molecule has 10 nitrogen and oxygen atoms in total. The molecule has 2 aromatic carbocycles. The Kier molecular flexibility index (Phi) is 10.1. The topological polar surface area (TPSA) is 142 Å². The highest BCUT2D eigenvalue weighted by Gasteiger charge is 2.47. The lowest BCUT2D eigenvalue weighted by molar-refractivity contribution is -0.121. The van der Waals surface area contributed by atoms with Crippen molar-refractivity contribution in [2.45, 2.75) is 52.0 Å². The number of Topliss-reactive ketones (excluding diaryl/α,β-unsaturated/α-hetero) is 3. The van der Waals surface area contributed by atoms with Crippen molar-refractivity contribution in [1.82, 2.24) is 24.3 Å². The van der Waals surface area contributed by atoms with Gasteiger partial charge in [-0.05, 0) is 61.1 Å². The third-order valence-corrected chi connectivity index (χ3v) is 8.74. The van der Waals surface area contributed by atoms with Gasteiger partial charge in [0.2, 0.25) is 0 Å². The number of nitrogens with zero attached hydrogens (tertiary/aromatic N) is 4. The summed E-state index contributed by atoms with van der Waals surface area (Å²) < 4.78 is 3.67. The molecule has 2 aliphatic rings. The zero-order chi connectivity index (χ0) is 33.0. The number of rotatable bonds is 13. The molecule has 3 N–H and O–H groups in total. The van der Waals surface area contributed by atoms with E-state index in [-0.39, 0.29) is 23.4 Å². The van der Waals surface area contributed by atoms with Gasteiger partial charge in [0.05, 0.1) is 36.3 Å². The van der Waals surface area contributed by atoms with Gasteiger partial charge in [0, 0.05) is 51.2 Å². The molecule has 2 heterocycles. The van der Waals surface area contributed by atoms with Crippen molar-refractivity contribution in [2.24, 2.45) is 31.8 Å². The average Bonchev–Trinajstić information content (AvgIpc) is 3.97. The molecular formula is C35H40BN6O4. The normalized spacial score (nSPS) is 14.7. The summed E-state index contributed by atoms with van der Waals surface area (Å²) in [6, 6.07) is 14.9. The molecule has 2 aliphatic carbocycles. The zero-order valence-corrected chi connectivity index (χ0v) is 26.8. The van der Waals surface area contributed by atoms with Gasteiger partial charge in [0.1, 0.15) is 11.4 Å². The number of imidazole rings is 2. The van der Waals surface area contributed by atoms with Gasteiger partial charge in [-0.1, -0.05) is 36.4 Å². The minimum absolute atomic E-state index is 0.0348. The summed E-state index contributed by atoms with van der Waals surface area (Å²) in [4.78, 5) is 55.6. The summed E-state index contributed by atoms with van der Waals surface area (Å²) in [6.07, 6.45) is 9.06. The minimum atomic E-state index is -0.295. The molecule has 0 saturated heterocycles. The van der Waals surface area contributed by atoms with Crippen LogP contribution in [-0.4, -0.2) is 56.1 Å². The number of aromatic nitrogens is 4. The van der Waals surface area contributed by atoms with Crippen LogP contribution in [0.5, 0.6) is 0 Å². The second kappa shape index (κ2) is 14.2. The van der Waals surface area contributed by atoms with E-state index in [9.17, 15) is 19.2 Å². The molecule has 1 radical (unpaired) electrons. The second-order valence-corrected chi connectivity index (χ2v) is 12.4. The lowest BCUT2D eigenvalue weighted by Gasteiger charge is -2.27. The number of hydrogen-bond donors (Lipinski definition) is 2. The van der Waals surface area contributed by atoms with E-state index in [0.29, 0.717) is 47.4 Å². The van der Waals surface area contributed by atoms with Gasteiger partial charge in [-0.3, -0.25) is 14.4 Å². The zero-order valence-electron chi connectivity index (χ0n) is 26.8. The summed E-state index contributed by atoms with van der Waals surface area (Å²) in [6.45, 7) is 3.03. The SMILES string of the molecule is CC(=O)c1ncn(C)c1-c1ccc(CC(=O)[C@@H](N[B]C=O)C(C2CC2)C2CC2)cc1.CC(=O)c1ncn(C)c1-c1ccc(N)cc1. The van der Waals surface area contributed by atoms with E-state index >= 15 is 0 Å². The van der Waals surface area contributed by atoms with Gasteiger partial charge in [-0.2, -0.15) is 0 Å². The molecule has 237 valence electrons. The van der Waals surface area contributed by atoms with Crippen LogP contribution in [0, 0.1) is 17.8 Å². The van der Waals surface area contributed by atoms with Crippen molar-refractivity contribution in [1.29, 1.82) is 0 Å². The van der Waals surface area contributed by atoms with Gasteiger partial charge in [0.15, 0.2) is 17.3 Å². The molecule has 0 bridgehead atoms. The maximum atomic E-state index is 13.2. The largest absolute Gasteiger partial charge is 0.399 e. The summed E-state index contributed by atoms with van der Waals surface area (Å²) in [5.41, 5.74) is 11.7. The quantitative estimate of drug-likeness (QED) is 0.0966. The van der Waals surface area contributed by atoms with E-state index in [0.717, 1.165) is 28.1 Å². The standard InChI is InChI=1S/C23H27BN3O3.C12H13N3O/c1-14(29)21-23(27(2)13-25-21)18-5-3-15(4-6-18)11-19(30)22(26-24-12-28)20(16-7-8-16)17-9-10-17;1-8(16)11-12(15(2)7-14-11)9-3-5-10(13)6-4-9/h3-6,12-13,16-17,20,22,26H,7-11H2,1-2H3;3-7H,13H2,1-2H3/t22-;/m1./s1. The number of carbonyl (C=O) groups is 4. The first-order chi connectivity index (χ1) is 22.1. The van der Waals surface area contributed by atoms with Crippen LogP contribution in [0.4, 0.5) is 5.69 Å². The predicted octanol–water partition coefficient (Wildman–Crippen LogP) is 4.48. The Morgan fingerprint density at radius 2 is 1.30 bits per heavy atom. The molecule has 0 spiro atoms. The van der Waals surface area contributed by atoms with Crippen molar-refractivity contribution in [3.63, 3.8) is 0 Å². The van der Waals surface area contributed by atoms with Crippen LogP contribution >= 0.6 is 0 Å². The number of aryl methyl sites for hydroxylation is 2. The first-order valence-corrected chi connectivity index (χ1v) is 15.6. The number of benzene rings is 2. The molecule has 1 atom stereocenters. The highest BCUT2D eigenvalue weighted by Crippen LogP contribution is 2.51. The molecule has 6 rings (SSSR count). The lowest BCUT2D eigenvalue weighted by Crippen LogP contribution is -2.47. The van der Waals surface area contributed by atoms with Crippen molar-refractivity contribution in [3.05, 3.63) is 78.1 Å². The van der Waals surface area contributed by atoms with Crippen LogP contribution in [0.3, 0.4) is 0 Å². The number of carbonyl (C=O) groups excluding carboxylic acids is 4. The van der Waals surface area contributed by atoms with E-state index in [2.05, 4.69) is 15.2 Å². The Labute approximate surface area is 270 Å². The van der Waals surface area contributed by atoms with Crippen molar-refractivity contribution < 1.29 is 19.2 Å². The van der Waals surface area contributed by atoms with Gasteiger partial charge in [-0.15, -0.1) is 0 Å². The summed E-state index contributed by atoms with van der Waals surface area (Å²) in [5, 5.41) is 3.10. The monoisotopic (exact) mass is 619 g/mol. The fraction of sp³-hybridized carbons (Fsp3) is 0.371. The Balaban J connectivity index is 0.000000219. The van der Waals surface area contributed by atoms with Crippen LogP contribution in [-0.2, 0) is 30.1 Å². The highest BCUT2D eigenvalue weighted by molar-refractivity contribution is 6.64. The van der Waals surface area contributed by atoms with E-state index in [1.807, 2.05) is 71.8 Å². The molecule has 0 amide bonds. The molecular weight excluding hydrogens is 579 g/mol. The minimum Gasteiger partial charge on any atom is -0.399 e. The first-order valence-electron chi connectivity index (χ1n) is 15.6. The molecule has 2 fully saturated rings. The van der Waals surface area contributed by atoms with E-state index in [1.54, 1.807) is 12.7 Å². The van der Waals surface area contributed by atoms with E-state index < -0.39 is 0 Å². The van der Waals surface area contributed by atoms with Gasteiger partial charge >= 0.3 is 0 Å². The number of ketones is 3. The van der Waals surface area contributed by atoms with E-state index in [1.165, 1.54) is 46.9 Å². The highest BCUT2D eigenvalue weighted by atomic mass is 16.1. The molecule has 0 unspecified atom stereocenters. The van der Waals surface area contributed by atoms with E-state index in [4.69, 9.17) is 5.73 Å². The molecule has 46 heavy (non-hydrogen) atoms. The average molecular weight is 620 g/mol. The fourth-order valence-electron chi connectivity index (χ4n) is 6.24.